The quantitative estimate of drug-likeness (QED) is 0.499. The Hall–Kier alpha value is -0.260. The van der Waals surface area contributed by atoms with Crippen molar-refractivity contribution in [3.05, 3.63) is 11.6 Å². The second kappa shape index (κ2) is 3.40. The summed E-state index contributed by atoms with van der Waals surface area (Å²) in [7, 11) is 0. The van der Waals surface area contributed by atoms with Gasteiger partial charge in [-0.05, 0) is 48.9 Å². The zero-order chi connectivity index (χ0) is 10.3. The van der Waals surface area contributed by atoms with Crippen molar-refractivity contribution in [3.8, 4) is 0 Å². The Morgan fingerprint density at radius 2 is 2.00 bits per heavy atom. The minimum absolute atomic E-state index is 0.554. The number of hydrogen-bond acceptors (Lipinski definition) is 0. The molecule has 3 unspecified atom stereocenters. The first-order valence-corrected chi connectivity index (χ1v) is 6.21. The second-order valence-electron chi connectivity index (χ2n) is 6.17. The molecule has 0 saturated heterocycles. The maximum Gasteiger partial charge on any atom is -0.0124 e. The van der Waals surface area contributed by atoms with Crippen molar-refractivity contribution in [2.45, 2.75) is 53.4 Å². The molecule has 14 heavy (non-hydrogen) atoms. The highest BCUT2D eigenvalue weighted by Crippen LogP contribution is 2.51. The number of hydrogen-bond donors (Lipinski definition) is 0. The van der Waals surface area contributed by atoms with Crippen LogP contribution in [0.3, 0.4) is 0 Å². The Morgan fingerprint density at radius 3 is 2.71 bits per heavy atom. The summed E-state index contributed by atoms with van der Waals surface area (Å²) < 4.78 is 0. The van der Waals surface area contributed by atoms with Crippen LogP contribution in [-0.4, -0.2) is 0 Å². The number of fused-ring (bicyclic) bond motifs is 1. The van der Waals surface area contributed by atoms with E-state index in [4.69, 9.17) is 0 Å². The molecule has 80 valence electrons. The van der Waals surface area contributed by atoms with Crippen molar-refractivity contribution in [1.29, 1.82) is 0 Å². The highest BCUT2D eigenvalue weighted by Gasteiger charge is 2.41. The molecule has 0 aromatic carbocycles. The Kier molecular flexibility index (Phi) is 2.49. The van der Waals surface area contributed by atoms with Crippen LogP contribution in [0.5, 0.6) is 0 Å². The van der Waals surface area contributed by atoms with Crippen molar-refractivity contribution in [1.82, 2.24) is 0 Å². The van der Waals surface area contributed by atoms with Gasteiger partial charge in [0.1, 0.15) is 0 Å². The first-order valence-electron chi connectivity index (χ1n) is 6.21. The molecule has 0 bridgehead atoms. The first kappa shape index (κ1) is 10.3. The summed E-state index contributed by atoms with van der Waals surface area (Å²) >= 11 is 0. The smallest absolute Gasteiger partial charge is 0.0124 e. The van der Waals surface area contributed by atoms with Crippen LogP contribution in [0.15, 0.2) is 11.6 Å². The predicted octanol–water partition coefficient (Wildman–Crippen LogP) is 4.42. The van der Waals surface area contributed by atoms with E-state index in [-0.39, 0.29) is 0 Å². The van der Waals surface area contributed by atoms with E-state index in [1.807, 2.05) is 0 Å². The normalized spacial score (nSPS) is 41.4. The SMILES string of the molecule is CC1CC=C2CCCC(C)(C)C2C1C. The highest BCUT2D eigenvalue weighted by atomic mass is 14.5. The van der Waals surface area contributed by atoms with Crippen LogP contribution in [0, 0.1) is 23.2 Å². The van der Waals surface area contributed by atoms with Crippen LogP contribution in [0.2, 0.25) is 0 Å². The Morgan fingerprint density at radius 1 is 1.29 bits per heavy atom. The Balaban J connectivity index is 2.31. The molecule has 0 N–H and O–H groups in total. The molecule has 0 radical (unpaired) electrons. The molecule has 1 saturated carbocycles. The van der Waals surface area contributed by atoms with Gasteiger partial charge in [0.2, 0.25) is 0 Å². The summed E-state index contributed by atoms with van der Waals surface area (Å²) in [5.74, 6) is 2.66. The topological polar surface area (TPSA) is 0 Å². The third-order valence-corrected chi connectivity index (χ3v) is 4.70. The van der Waals surface area contributed by atoms with E-state index in [9.17, 15) is 0 Å². The van der Waals surface area contributed by atoms with E-state index in [0.717, 1.165) is 17.8 Å². The minimum Gasteiger partial charge on any atom is -0.0847 e. The zero-order valence-electron chi connectivity index (χ0n) is 10.1. The fourth-order valence-electron chi connectivity index (χ4n) is 3.72. The van der Waals surface area contributed by atoms with Crippen molar-refractivity contribution < 1.29 is 0 Å². The summed E-state index contributed by atoms with van der Waals surface area (Å²) in [5, 5.41) is 0. The third-order valence-electron chi connectivity index (χ3n) is 4.70. The van der Waals surface area contributed by atoms with E-state index < -0.39 is 0 Å². The van der Waals surface area contributed by atoms with E-state index in [2.05, 4.69) is 33.8 Å². The van der Waals surface area contributed by atoms with Crippen LogP contribution < -0.4 is 0 Å². The molecule has 0 amide bonds. The summed E-state index contributed by atoms with van der Waals surface area (Å²) in [4.78, 5) is 0. The highest BCUT2D eigenvalue weighted by molar-refractivity contribution is 5.18. The van der Waals surface area contributed by atoms with Gasteiger partial charge in [-0.25, -0.2) is 0 Å². The zero-order valence-corrected chi connectivity index (χ0v) is 10.1. The summed E-state index contributed by atoms with van der Waals surface area (Å²) in [6.07, 6.45) is 8.09. The van der Waals surface area contributed by atoms with Crippen molar-refractivity contribution in [3.63, 3.8) is 0 Å². The summed E-state index contributed by atoms with van der Waals surface area (Å²) in [6.45, 7) is 9.83. The molecule has 0 aromatic heterocycles. The standard InChI is InChI=1S/C14H24/c1-10-7-8-12-6-5-9-14(3,4)13(12)11(10)2/h8,10-11,13H,5-7,9H2,1-4H3. The minimum atomic E-state index is 0.554. The van der Waals surface area contributed by atoms with E-state index in [1.165, 1.54) is 25.7 Å². The van der Waals surface area contributed by atoms with Gasteiger partial charge < -0.3 is 0 Å². The lowest BCUT2D eigenvalue weighted by molar-refractivity contribution is 0.0980. The van der Waals surface area contributed by atoms with Gasteiger partial charge in [-0.3, -0.25) is 0 Å². The van der Waals surface area contributed by atoms with Gasteiger partial charge in [0.15, 0.2) is 0 Å². The fraction of sp³-hybridized carbons (Fsp3) is 0.857. The predicted molar refractivity (Wildman–Crippen MR) is 62.2 cm³/mol. The lowest BCUT2D eigenvalue weighted by Gasteiger charge is -2.48. The van der Waals surface area contributed by atoms with Gasteiger partial charge in [0.05, 0.1) is 0 Å². The van der Waals surface area contributed by atoms with Gasteiger partial charge in [-0.2, -0.15) is 0 Å². The van der Waals surface area contributed by atoms with Gasteiger partial charge in [0, 0.05) is 0 Å². The lowest BCUT2D eigenvalue weighted by atomic mass is 9.57. The van der Waals surface area contributed by atoms with Crippen LogP contribution in [-0.2, 0) is 0 Å². The molecule has 0 aromatic rings. The fourth-order valence-corrected chi connectivity index (χ4v) is 3.72. The van der Waals surface area contributed by atoms with Crippen molar-refractivity contribution in [2.24, 2.45) is 23.2 Å². The molecule has 2 aliphatic carbocycles. The Labute approximate surface area is 88.8 Å². The third kappa shape index (κ3) is 1.53. The first-order chi connectivity index (χ1) is 6.52. The molecule has 0 nitrogen and oxygen atoms in total. The summed E-state index contributed by atoms with van der Waals surface area (Å²) in [5.41, 5.74) is 2.34. The average Bonchev–Trinajstić information content (AvgIpc) is 2.10. The summed E-state index contributed by atoms with van der Waals surface area (Å²) in [6, 6.07) is 0. The maximum absolute atomic E-state index is 2.55. The maximum atomic E-state index is 2.55. The van der Waals surface area contributed by atoms with E-state index in [1.54, 1.807) is 5.57 Å². The van der Waals surface area contributed by atoms with Gasteiger partial charge >= 0.3 is 0 Å². The monoisotopic (exact) mass is 192 g/mol. The van der Waals surface area contributed by atoms with Crippen LogP contribution >= 0.6 is 0 Å². The average molecular weight is 192 g/mol. The number of rotatable bonds is 0. The molecule has 3 atom stereocenters. The van der Waals surface area contributed by atoms with E-state index >= 15 is 0 Å². The molecule has 2 rings (SSSR count). The Bertz CT molecular complexity index is 247. The largest absolute Gasteiger partial charge is 0.0847 e. The lowest BCUT2D eigenvalue weighted by Crippen LogP contribution is -2.38. The number of allylic oxidation sites excluding steroid dienone is 2. The molecule has 0 heterocycles. The van der Waals surface area contributed by atoms with Crippen LogP contribution in [0.4, 0.5) is 0 Å². The molecular formula is C14H24. The van der Waals surface area contributed by atoms with Crippen molar-refractivity contribution in [2.75, 3.05) is 0 Å². The molecule has 0 spiro atoms. The van der Waals surface area contributed by atoms with Crippen LogP contribution in [0.25, 0.3) is 0 Å². The van der Waals surface area contributed by atoms with Gasteiger partial charge in [-0.1, -0.05) is 39.3 Å². The molecular weight excluding hydrogens is 168 g/mol. The van der Waals surface area contributed by atoms with Crippen LogP contribution in [0.1, 0.15) is 53.4 Å². The van der Waals surface area contributed by atoms with E-state index in [0.29, 0.717) is 5.41 Å². The molecule has 2 aliphatic rings. The second-order valence-corrected chi connectivity index (χ2v) is 6.17. The molecule has 0 heteroatoms. The molecule has 1 fully saturated rings. The van der Waals surface area contributed by atoms with Gasteiger partial charge in [0.25, 0.3) is 0 Å². The van der Waals surface area contributed by atoms with Crippen molar-refractivity contribution >= 4 is 0 Å². The molecule has 0 aliphatic heterocycles. The van der Waals surface area contributed by atoms with Gasteiger partial charge in [-0.15, -0.1) is 0 Å².